The molecule has 138 valence electrons. The molecule has 27 heavy (non-hydrogen) atoms. The lowest BCUT2D eigenvalue weighted by Crippen LogP contribution is -2.34. The number of aromatic amines is 1. The van der Waals surface area contributed by atoms with Crippen molar-refractivity contribution < 1.29 is 0 Å². The smallest absolute Gasteiger partial charge is 0.182 e. The van der Waals surface area contributed by atoms with Crippen molar-refractivity contribution in [3.8, 4) is 0 Å². The maximum Gasteiger partial charge on any atom is 0.182 e. The zero-order chi connectivity index (χ0) is 18.2. The molecule has 0 aliphatic carbocycles. The highest BCUT2D eigenvalue weighted by atomic mass is 15.4. The molecule has 0 saturated carbocycles. The van der Waals surface area contributed by atoms with Crippen molar-refractivity contribution in [2.24, 2.45) is 7.05 Å². The molecule has 0 aromatic carbocycles. The first-order valence-corrected chi connectivity index (χ1v) is 8.89. The van der Waals surface area contributed by atoms with Gasteiger partial charge in [0.15, 0.2) is 17.3 Å². The summed E-state index contributed by atoms with van der Waals surface area (Å²) in [6.45, 7) is 2.38. The molecular weight excluding hydrogens is 346 g/mol. The van der Waals surface area contributed by atoms with Gasteiger partial charge < -0.3 is 14.5 Å². The summed E-state index contributed by atoms with van der Waals surface area (Å²) in [7, 11) is 2.02. The monoisotopic (exact) mass is 365 g/mol. The third kappa shape index (κ3) is 2.80. The van der Waals surface area contributed by atoms with Gasteiger partial charge in [-0.15, -0.1) is 10.2 Å². The maximum absolute atomic E-state index is 4.46. The van der Waals surface area contributed by atoms with E-state index >= 15 is 0 Å². The van der Waals surface area contributed by atoms with Crippen LogP contribution in [0.4, 0.5) is 5.82 Å². The van der Waals surface area contributed by atoms with E-state index in [1.165, 1.54) is 6.33 Å². The van der Waals surface area contributed by atoms with Crippen LogP contribution in [0.5, 0.6) is 0 Å². The minimum absolute atomic E-state index is 0.377. The van der Waals surface area contributed by atoms with Gasteiger partial charge in [-0.25, -0.2) is 24.6 Å². The molecule has 4 aromatic rings. The van der Waals surface area contributed by atoms with Crippen LogP contribution in [0.2, 0.25) is 0 Å². The first-order valence-electron chi connectivity index (χ1n) is 8.89. The van der Waals surface area contributed by atoms with Crippen LogP contribution in [0, 0.1) is 0 Å². The second kappa shape index (κ2) is 6.41. The first kappa shape index (κ1) is 15.9. The molecule has 0 radical (unpaired) electrons. The fourth-order valence-electron chi connectivity index (χ4n) is 3.67. The summed E-state index contributed by atoms with van der Waals surface area (Å²) in [5, 5.41) is 12.9. The largest absolute Gasteiger partial charge is 0.355 e. The Kier molecular flexibility index (Phi) is 3.77. The van der Waals surface area contributed by atoms with Gasteiger partial charge in [-0.05, 0) is 12.8 Å². The predicted octanol–water partition coefficient (Wildman–Crippen LogP) is 0.505. The summed E-state index contributed by atoms with van der Waals surface area (Å²) in [5.41, 5.74) is 1.60. The van der Waals surface area contributed by atoms with E-state index in [-0.39, 0.29) is 0 Å². The van der Waals surface area contributed by atoms with Crippen molar-refractivity contribution in [2.75, 3.05) is 18.0 Å². The zero-order valence-electron chi connectivity index (χ0n) is 14.9. The van der Waals surface area contributed by atoms with Gasteiger partial charge in [0, 0.05) is 26.1 Å². The molecule has 1 aliphatic rings. The minimum Gasteiger partial charge on any atom is -0.355 e. The summed E-state index contributed by atoms with van der Waals surface area (Å²) in [6.07, 6.45) is 8.43. The van der Waals surface area contributed by atoms with Crippen LogP contribution >= 0.6 is 0 Å². The molecule has 1 aliphatic heterocycles. The number of anilines is 1. The highest BCUT2D eigenvalue weighted by molar-refractivity contribution is 5.82. The number of rotatable bonds is 4. The number of hydrogen-bond donors (Lipinski definition) is 1. The molecule has 11 nitrogen and oxygen atoms in total. The summed E-state index contributed by atoms with van der Waals surface area (Å²) >= 11 is 0. The number of piperidine rings is 1. The zero-order valence-corrected chi connectivity index (χ0v) is 14.9. The van der Waals surface area contributed by atoms with E-state index in [0.717, 1.165) is 48.9 Å². The van der Waals surface area contributed by atoms with Gasteiger partial charge >= 0.3 is 0 Å². The Hall–Kier alpha value is -3.37. The van der Waals surface area contributed by atoms with Crippen LogP contribution in [0.25, 0.3) is 11.2 Å². The normalized spacial score (nSPS) is 15.7. The molecule has 0 bridgehead atoms. The van der Waals surface area contributed by atoms with Crippen molar-refractivity contribution in [3.63, 3.8) is 0 Å². The van der Waals surface area contributed by atoms with E-state index in [1.807, 2.05) is 7.05 Å². The summed E-state index contributed by atoms with van der Waals surface area (Å²) in [6, 6.07) is 0. The van der Waals surface area contributed by atoms with Gasteiger partial charge in [-0.2, -0.15) is 5.10 Å². The van der Waals surface area contributed by atoms with E-state index in [1.54, 1.807) is 23.7 Å². The molecule has 5 heterocycles. The van der Waals surface area contributed by atoms with Gasteiger partial charge in [0.05, 0.1) is 6.33 Å². The molecule has 0 amide bonds. The number of aromatic nitrogens is 10. The third-order valence-corrected chi connectivity index (χ3v) is 5.13. The molecular formula is C16H19N11. The highest BCUT2D eigenvalue weighted by Gasteiger charge is 2.27. The van der Waals surface area contributed by atoms with Gasteiger partial charge in [0.2, 0.25) is 0 Å². The average molecular weight is 365 g/mol. The van der Waals surface area contributed by atoms with Crippen LogP contribution < -0.4 is 4.90 Å². The van der Waals surface area contributed by atoms with Gasteiger partial charge in [-0.1, -0.05) is 0 Å². The molecule has 1 fully saturated rings. The Bertz CT molecular complexity index is 1040. The average Bonchev–Trinajstić information content (AvgIpc) is 3.44. The molecule has 4 aromatic heterocycles. The van der Waals surface area contributed by atoms with E-state index in [0.29, 0.717) is 18.1 Å². The number of H-pyrrole nitrogens is 1. The van der Waals surface area contributed by atoms with Crippen molar-refractivity contribution >= 4 is 17.0 Å². The summed E-state index contributed by atoms with van der Waals surface area (Å²) in [4.78, 5) is 22.3. The van der Waals surface area contributed by atoms with Gasteiger partial charge in [0.1, 0.15) is 36.9 Å². The lowest BCUT2D eigenvalue weighted by Gasteiger charge is -2.32. The summed E-state index contributed by atoms with van der Waals surface area (Å²) < 4.78 is 3.83. The summed E-state index contributed by atoms with van der Waals surface area (Å²) in [5.74, 6) is 3.20. The molecule has 1 saturated heterocycles. The lowest BCUT2D eigenvalue weighted by atomic mass is 9.96. The number of imidazole rings is 1. The Labute approximate surface area is 154 Å². The molecule has 1 N–H and O–H groups in total. The Morgan fingerprint density at radius 1 is 1.11 bits per heavy atom. The van der Waals surface area contributed by atoms with Crippen molar-refractivity contribution in [3.05, 3.63) is 37.0 Å². The second-order valence-corrected chi connectivity index (χ2v) is 6.69. The standard InChI is InChI=1S/C16H19N11/c1-25-12(6-27-10-17-7-22-27)23-24-15(25)11-2-4-26(5-3-11)16-13-14(19-8-18-13)20-9-21-16/h7-11H,2-6H2,1H3,(H,18,19,20,21). The van der Waals surface area contributed by atoms with E-state index in [9.17, 15) is 0 Å². The molecule has 0 atom stereocenters. The molecule has 0 unspecified atom stereocenters. The topological polar surface area (TPSA) is 119 Å². The third-order valence-electron chi connectivity index (χ3n) is 5.13. The fourth-order valence-corrected chi connectivity index (χ4v) is 3.67. The van der Waals surface area contributed by atoms with Crippen LogP contribution in [-0.4, -0.2) is 62.6 Å². The van der Waals surface area contributed by atoms with Crippen LogP contribution in [0.15, 0.2) is 25.3 Å². The van der Waals surface area contributed by atoms with Crippen molar-refractivity contribution in [1.82, 2.24) is 49.5 Å². The van der Waals surface area contributed by atoms with Crippen LogP contribution in [0.1, 0.15) is 30.4 Å². The highest BCUT2D eigenvalue weighted by Crippen LogP contribution is 2.30. The van der Waals surface area contributed by atoms with Gasteiger partial charge in [-0.3, -0.25) is 0 Å². The fraction of sp³-hybridized carbons (Fsp3) is 0.438. The number of nitrogens with zero attached hydrogens (tertiary/aromatic N) is 10. The second-order valence-electron chi connectivity index (χ2n) is 6.69. The maximum atomic E-state index is 4.46. The van der Waals surface area contributed by atoms with Gasteiger partial charge in [0.25, 0.3) is 0 Å². The van der Waals surface area contributed by atoms with E-state index in [4.69, 9.17) is 0 Å². The quantitative estimate of drug-likeness (QED) is 0.555. The Balaban J connectivity index is 1.31. The van der Waals surface area contributed by atoms with E-state index in [2.05, 4.69) is 49.7 Å². The number of fused-ring (bicyclic) bond motifs is 1. The molecule has 11 heteroatoms. The van der Waals surface area contributed by atoms with Crippen LogP contribution in [0.3, 0.4) is 0 Å². The molecule has 0 spiro atoms. The molecule has 5 rings (SSSR count). The lowest BCUT2D eigenvalue weighted by molar-refractivity contribution is 0.470. The first-order chi connectivity index (χ1) is 13.3. The SMILES string of the molecule is Cn1c(Cn2cncn2)nnc1C1CCN(c2ncnc3nc[nH]c23)CC1. The Morgan fingerprint density at radius 3 is 2.81 bits per heavy atom. The Morgan fingerprint density at radius 2 is 2.00 bits per heavy atom. The van der Waals surface area contributed by atoms with Crippen molar-refractivity contribution in [2.45, 2.75) is 25.3 Å². The van der Waals surface area contributed by atoms with E-state index < -0.39 is 0 Å². The number of hydrogen-bond acceptors (Lipinski definition) is 8. The van der Waals surface area contributed by atoms with Crippen LogP contribution in [-0.2, 0) is 13.6 Å². The predicted molar refractivity (Wildman–Crippen MR) is 96.0 cm³/mol. The number of nitrogens with one attached hydrogen (secondary N) is 1. The van der Waals surface area contributed by atoms with Crippen molar-refractivity contribution in [1.29, 1.82) is 0 Å². The minimum atomic E-state index is 0.377.